The molecular weight excluding hydrogens is 571 g/mol. The van der Waals surface area contributed by atoms with Crippen LogP contribution in [0.25, 0.3) is 83.3 Å². The summed E-state index contributed by atoms with van der Waals surface area (Å²) in [5.41, 5.74) is 14.0. The summed E-state index contributed by atoms with van der Waals surface area (Å²) in [5, 5.41) is 2.47. The van der Waals surface area contributed by atoms with Gasteiger partial charge in [-0.2, -0.15) is 0 Å². The Hall–Kier alpha value is -6.32. The molecule has 3 heteroatoms. The van der Waals surface area contributed by atoms with E-state index >= 15 is 0 Å². The van der Waals surface area contributed by atoms with Gasteiger partial charge < -0.3 is 4.57 Å². The maximum absolute atomic E-state index is 5.11. The minimum atomic E-state index is 0.881. The van der Waals surface area contributed by atoms with Crippen molar-refractivity contribution in [2.75, 3.05) is 0 Å². The molecule has 9 rings (SSSR count). The van der Waals surface area contributed by atoms with Crippen molar-refractivity contribution < 1.29 is 0 Å². The summed E-state index contributed by atoms with van der Waals surface area (Å²) in [4.78, 5) is 10.2. The van der Waals surface area contributed by atoms with Crippen LogP contribution in [-0.4, -0.2) is 14.5 Å². The SMILES string of the molecule is c1ccc(-c2ccc(-c3ccc4c(c3)c3ccccc3n4-c3ccc(-c4nc5ccccc5nc4-c4ccccc4)cc3)cc2)cc1. The van der Waals surface area contributed by atoms with E-state index in [1.165, 1.54) is 44.1 Å². The molecule has 0 radical (unpaired) electrons. The quantitative estimate of drug-likeness (QED) is 0.197. The summed E-state index contributed by atoms with van der Waals surface area (Å²) >= 11 is 0. The lowest BCUT2D eigenvalue weighted by Crippen LogP contribution is -1.97. The number of benzene rings is 7. The maximum atomic E-state index is 5.11. The first-order valence-corrected chi connectivity index (χ1v) is 15.9. The van der Waals surface area contributed by atoms with Crippen molar-refractivity contribution in [3.8, 4) is 50.5 Å². The highest BCUT2D eigenvalue weighted by Gasteiger charge is 2.16. The summed E-state index contributed by atoms with van der Waals surface area (Å²) in [7, 11) is 0. The molecule has 0 N–H and O–H groups in total. The molecule has 7 aromatic carbocycles. The first kappa shape index (κ1) is 27.0. The van der Waals surface area contributed by atoms with E-state index in [1.54, 1.807) is 0 Å². The molecule has 0 unspecified atom stereocenters. The highest BCUT2D eigenvalue weighted by molar-refractivity contribution is 6.10. The monoisotopic (exact) mass is 599 g/mol. The van der Waals surface area contributed by atoms with E-state index in [1.807, 2.05) is 42.5 Å². The molecule has 2 heterocycles. The number of hydrogen-bond donors (Lipinski definition) is 0. The molecule has 9 aromatic rings. The zero-order valence-corrected chi connectivity index (χ0v) is 25.6. The van der Waals surface area contributed by atoms with Gasteiger partial charge in [-0.05, 0) is 64.7 Å². The van der Waals surface area contributed by atoms with E-state index in [0.717, 1.165) is 39.2 Å². The average molecular weight is 600 g/mol. The molecule has 2 aromatic heterocycles. The second-order valence-electron chi connectivity index (χ2n) is 11.9. The Bertz CT molecular complexity index is 2530. The van der Waals surface area contributed by atoms with Gasteiger partial charge in [-0.3, -0.25) is 0 Å². The largest absolute Gasteiger partial charge is 0.309 e. The maximum Gasteiger partial charge on any atom is 0.0973 e. The van der Waals surface area contributed by atoms with Crippen LogP contribution >= 0.6 is 0 Å². The lowest BCUT2D eigenvalue weighted by Gasteiger charge is -2.12. The number of nitrogens with zero attached hydrogens (tertiary/aromatic N) is 3. The zero-order chi connectivity index (χ0) is 31.2. The van der Waals surface area contributed by atoms with E-state index in [-0.39, 0.29) is 0 Å². The van der Waals surface area contributed by atoms with Gasteiger partial charge in [0.05, 0.1) is 33.5 Å². The lowest BCUT2D eigenvalue weighted by atomic mass is 9.99. The predicted molar refractivity (Wildman–Crippen MR) is 196 cm³/mol. The van der Waals surface area contributed by atoms with Gasteiger partial charge >= 0.3 is 0 Å². The normalized spacial score (nSPS) is 11.4. The van der Waals surface area contributed by atoms with Crippen molar-refractivity contribution >= 4 is 32.8 Å². The van der Waals surface area contributed by atoms with Crippen LogP contribution in [0.4, 0.5) is 0 Å². The van der Waals surface area contributed by atoms with Crippen LogP contribution in [0.15, 0.2) is 176 Å². The third-order valence-electron chi connectivity index (χ3n) is 9.01. The van der Waals surface area contributed by atoms with E-state index in [0.29, 0.717) is 0 Å². The van der Waals surface area contributed by atoms with Crippen LogP contribution in [0.3, 0.4) is 0 Å². The van der Waals surface area contributed by atoms with Crippen LogP contribution in [0.1, 0.15) is 0 Å². The fourth-order valence-electron chi connectivity index (χ4n) is 6.68. The number of aromatic nitrogens is 3. The van der Waals surface area contributed by atoms with Crippen molar-refractivity contribution in [2.24, 2.45) is 0 Å². The van der Waals surface area contributed by atoms with Crippen LogP contribution in [0, 0.1) is 0 Å². The first-order chi connectivity index (χ1) is 23.3. The second kappa shape index (κ2) is 11.2. The predicted octanol–water partition coefficient (Wildman–Crippen LogP) is 11.4. The van der Waals surface area contributed by atoms with E-state index in [9.17, 15) is 0 Å². The summed E-state index contributed by atoms with van der Waals surface area (Å²) in [6.45, 7) is 0. The molecule has 220 valence electrons. The summed E-state index contributed by atoms with van der Waals surface area (Å²) in [6.07, 6.45) is 0. The van der Waals surface area contributed by atoms with Crippen molar-refractivity contribution in [3.63, 3.8) is 0 Å². The molecule has 47 heavy (non-hydrogen) atoms. The fourth-order valence-corrected chi connectivity index (χ4v) is 6.68. The average Bonchev–Trinajstić information content (AvgIpc) is 3.49. The van der Waals surface area contributed by atoms with Gasteiger partial charge in [0.2, 0.25) is 0 Å². The van der Waals surface area contributed by atoms with Gasteiger partial charge in [0.15, 0.2) is 0 Å². The van der Waals surface area contributed by atoms with Gasteiger partial charge in [0, 0.05) is 27.6 Å². The number of rotatable bonds is 5. The van der Waals surface area contributed by atoms with Gasteiger partial charge in [-0.25, -0.2) is 9.97 Å². The molecule has 0 aliphatic heterocycles. The van der Waals surface area contributed by atoms with Crippen molar-refractivity contribution in [2.45, 2.75) is 0 Å². The molecule has 0 saturated carbocycles. The topological polar surface area (TPSA) is 30.7 Å². The van der Waals surface area contributed by atoms with Crippen LogP contribution < -0.4 is 0 Å². The summed E-state index contributed by atoms with van der Waals surface area (Å²) < 4.78 is 2.36. The Morgan fingerprint density at radius 3 is 1.43 bits per heavy atom. The number of fused-ring (bicyclic) bond motifs is 4. The number of para-hydroxylation sites is 3. The molecule has 0 aliphatic carbocycles. The van der Waals surface area contributed by atoms with E-state index in [2.05, 4.69) is 138 Å². The Balaban J connectivity index is 1.13. The van der Waals surface area contributed by atoms with Crippen LogP contribution in [-0.2, 0) is 0 Å². The Labute approximate surface area is 273 Å². The molecule has 0 spiro atoms. The molecule has 0 atom stereocenters. The molecular formula is C44H29N3. The number of hydrogen-bond acceptors (Lipinski definition) is 2. The highest BCUT2D eigenvalue weighted by atomic mass is 15.0. The standard InChI is InChI=1S/C44H29N3/c1-3-11-30(12-4-1)31-19-21-32(22-20-31)35-25-28-42-38(29-35)37-15-7-10-18-41(37)47(42)36-26-23-34(24-27-36)44-43(33-13-5-2-6-14-33)45-39-16-8-9-17-40(39)46-44/h1-29H. The Morgan fingerprint density at radius 1 is 0.319 bits per heavy atom. The summed E-state index contributed by atoms with van der Waals surface area (Å²) in [5.74, 6) is 0. The Morgan fingerprint density at radius 2 is 0.766 bits per heavy atom. The molecule has 0 saturated heterocycles. The minimum Gasteiger partial charge on any atom is -0.309 e. The van der Waals surface area contributed by atoms with Gasteiger partial charge in [0.1, 0.15) is 0 Å². The zero-order valence-electron chi connectivity index (χ0n) is 25.6. The van der Waals surface area contributed by atoms with Crippen molar-refractivity contribution in [1.82, 2.24) is 14.5 Å². The molecule has 0 amide bonds. The van der Waals surface area contributed by atoms with Gasteiger partial charge in [-0.15, -0.1) is 0 Å². The summed E-state index contributed by atoms with van der Waals surface area (Å²) in [6, 6.07) is 62.0. The lowest BCUT2D eigenvalue weighted by molar-refractivity contribution is 1.18. The van der Waals surface area contributed by atoms with Gasteiger partial charge in [0.25, 0.3) is 0 Å². The molecule has 0 bridgehead atoms. The third kappa shape index (κ3) is 4.77. The van der Waals surface area contributed by atoms with Crippen LogP contribution in [0.5, 0.6) is 0 Å². The second-order valence-corrected chi connectivity index (χ2v) is 11.9. The smallest absolute Gasteiger partial charge is 0.0973 e. The van der Waals surface area contributed by atoms with Crippen molar-refractivity contribution in [1.29, 1.82) is 0 Å². The van der Waals surface area contributed by atoms with E-state index < -0.39 is 0 Å². The van der Waals surface area contributed by atoms with Gasteiger partial charge in [-0.1, -0.05) is 133 Å². The highest BCUT2D eigenvalue weighted by Crippen LogP contribution is 2.37. The molecule has 0 fully saturated rings. The fraction of sp³-hybridized carbons (Fsp3) is 0. The minimum absolute atomic E-state index is 0.881. The van der Waals surface area contributed by atoms with Crippen LogP contribution in [0.2, 0.25) is 0 Å². The molecule has 0 aliphatic rings. The first-order valence-electron chi connectivity index (χ1n) is 15.9. The van der Waals surface area contributed by atoms with E-state index in [4.69, 9.17) is 9.97 Å². The Kier molecular flexibility index (Phi) is 6.46. The third-order valence-corrected chi connectivity index (χ3v) is 9.01. The van der Waals surface area contributed by atoms with Crippen molar-refractivity contribution in [3.05, 3.63) is 176 Å². The molecule has 3 nitrogen and oxygen atoms in total.